The number of sulfonamides is 1. The zero-order valence-corrected chi connectivity index (χ0v) is 15.3. The van der Waals surface area contributed by atoms with Gasteiger partial charge in [0.25, 0.3) is 10.0 Å². The number of rotatable bonds is 6. The average molecular weight is 359 g/mol. The maximum atomic E-state index is 12.6. The molecule has 132 valence electrons. The molecule has 0 radical (unpaired) electrons. The fourth-order valence-electron chi connectivity index (χ4n) is 2.32. The van der Waals surface area contributed by atoms with Crippen molar-refractivity contribution >= 4 is 21.6 Å². The van der Waals surface area contributed by atoms with Crippen LogP contribution >= 0.6 is 0 Å². The van der Waals surface area contributed by atoms with Crippen LogP contribution < -0.4 is 4.72 Å². The molecule has 1 N–H and O–H groups in total. The van der Waals surface area contributed by atoms with Crippen molar-refractivity contribution < 1.29 is 17.9 Å². The van der Waals surface area contributed by atoms with Gasteiger partial charge in [-0.3, -0.25) is 4.72 Å². The molecule has 6 heteroatoms. The van der Waals surface area contributed by atoms with Crippen LogP contribution in [-0.2, 0) is 19.6 Å². The van der Waals surface area contributed by atoms with Crippen LogP contribution in [0.4, 0.5) is 0 Å². The number of nitrogens with one attached hydrogen (secondary N) is 1. The summed E-state index contributed by atoms with van der Waals surface area (Å²) in [5, 5.41) is 0. The zero-order chi connectivity index (χ0) is 18.4. The number of aryl methyl sites for hydroxylation is 1. The average Bonchev–Trinajstić information content (AvgIpc) is 2.56. The van der Waals surface area contributed by atoms with E-state index in [0.717, 1.165) is 5.56 Å². The highest BCUT2D eigenvalue weighted by Gasteiger charge is 2.21. The Hall–Kier alpha value is -2.60. The molecule has 2 aromatic carbocycles. The predicted molar refractivity (Wildman–Crippen MR) is 97.2 cm³/mol. The number of carbonyl (C=O) groups is 1. The van der Waals surface area contributed by atoms with Gasteiger partial charge in [0, 0.05) is 5.70 Å². The van der Waals surface area contributed by atoms with Gasteiger partial charge < -0.3 is 4.74 Å². The van der Waals surface area contributed by atoms with Crippen molar-refractivity contribution in [2.75, 3.05) is 6.61 Å². The molecule has 0 saturated carbocycles. The van der Waals surface area contributed by atoms with E-state index in [1.807, 2.05) is 13.0 Å². The van der Waals surface area contributed by atoms with Gasteiger partial charge in [-0.15, -0.1) is 0 Å². The number of carbonyl (C=O) groups excluding carboxylic acids is 1. The van der Waals surface area contributed by atoms with Crippen LogP contribution in [-0.4, -0.2) is 21.0 Å². The first-order chi connectivity index (χ1) is 11.8. The van der Waals surface area contributed by atoms with Gasteiger partial charge in [-0.2, -0.15) is 0 Å². The molecule has 0 spiro atoms. The van der Waals surface area contributed by atoms with Crippen molar-refractivity contribution in [1.82, 2.24) is 4.72 Å². The minimum Gasteiger partial charge on any atom is -0.462 e. The Labute approximate surface area is 148 Å². The van der Waals surface area contributed by atoms with E-state index in [-0.39, 0.29) is 22.8 Å². The molecule has 0 aromatic heterocycles. The van der Waals surface area contributed by atoms with Crippen molar-refractivity contribution in [1.29, 1.82) is 0 Å². The standard InChI is InChI=1S/C19H21NO4S/c1-4-24-19(21)18(16-8-6-5-7-9-16)15(3)20-25(22,23)17-12-10-14(2)11-13-17/h5-13,20H,4H2,1-3H3/b18-15-. The Morgan fingerprint density at radius 1 is 1.04 bits per heavy atom. The first kappa shape index (κ1) is 18.7. The van der Waals surface area contributed by atoms with Gasteiger partial charge in [0.05, 0.1) is 17.1 Å². The van der Waals surface area contributed by atoms with E-state index in [1.165, 1.54) is 12.1 Å². The van der Waals surface area contributed by atoms with E-state index >= 15 is 0 Å². The van der Waals surface area contributed by atoms with Crippen LogP contribution in [0.3, 0.4) is 0 Å². The van der Waals surface area contributed by atoms with Gasteiger partial charge in [-0.1, -0.05) is 48.0 Å². The molecule has 0 saturated heterocycles. The first-order valence-corrected chi connectivity index (χ1v) is 9.36. The molecule has 0 bridgehead atoms. The molecule has 0 atom stereocenters. The first-order valence-electron chi connectivity index (χ1n) is 7.88. The minimum absolute atomic E-state index is 0.133. The Balaban J connectivity index is 2.44. The van der Waals surface area contributed by atoms with Crippen LogP contribution in [0, 0.1) is 6.92 Å². The molecule has 0 fully saturated rings. The third-order valence-corrected chi connectivity index (χ3v) is 5.00. The Morgan fingerprint density at radius 2 is 1.64 bits per heavy atom. The summed E-state index contributed by atoms with van der Waals surface area (Å²) in [7, 11) is -3.79. The Kier molecular flexibility index (Phi) is 5.98. The maximum Gasteiger partial charge on any atom is 0.340 e. The second kappa shape index (κ2) is 7.98. The number of esters is 1. The third-order valence-electron chi connectivity index (χ3n) is 3.54. The molecule has 2 rings (SSSR count). The maximum absolute atomic E-state index is 12.6. The molecule has 0 amide bonds. The van der Waals surface area contributed by atoms with Crippen LogP contribution in [0.25, 0.3) is 5.57 Å². The number of hydrogen-bond acceptors (Lipinski definition) is 4. The van der Waals surface area contributed by atoms with Crippen LogP contribution in [0.5, 0.6) is 0 Å². The molecular formula is C19H21NO4S. The largest absolute Gasteiger partial charge is 0.462 e. The highest BCUT2D eigenvalue weighted by atomic mass is 32.2. The predicted octanol–water partition coefficient (Wildman–Crippen LogP) is 3.27. The molecule has 0 aliphatic rings. The second-order valence-corrected chi connectivity index (χ2v) is 7.19. The lowest BCUT2D eigenvalue weighted by molar-refractivity contribution is -0.136. The van der Waals surface area contributed by atoms with E-state index in [2.05, 4.69) is 4.72 Å². The lowest BCUT2D eigenvalue weighted by Gasteiger charge is -2.14. The lowest BCUT2D eigenvalue weighted by atomic mass is 10.0. The van der Waals surface area contributed by atoms with Gasteiger partial charge in [-0.25, -0.2) is 13.2 Å². The van der Waals surface area contributed by atoms with Crippen molar-refractivity contribution in [3.63, 3.8) is 0 Å². The van der Waals surface area contributed by atoms with Crippen molar-refractivity contribution in [3.8, 4) is 0 Å². The van der Waals surface area contributed by atoms with Gasteiger partial charge in [0.1, 0.15) is 0 Å². The monoisotopic (exact) mass is 359 g/mol. The van der Waals surface area contributed by atoms with Crippen molar-refractivity contribution in [2.24, 2.45) is 0 Å². The molecule has 0 unspecified atom stereocenters. The number of ether oxygens (including phenoxy) is 1. The number of hydrogen-bond donors (Lipinski definition) is 1. The summed E-state index contributed by atoms with van der Waals surface area (Å²) in [6.45, 7) is 5.33. The van der Waals surface area contributed by atoms with E-state index in [9.17, 15) is 13.2 Å². The fraction of sp³-hybridized carbons (Fsp3) is 0.211. The van der Waals surface area contributed by atoms with Gasteiger partial charge in [-0.05, 0) is 38.5 Å². The van der Waals surface area contributed by atoms with E-state index in [1.54, 1.807) is 50.2 Å². The van der Waals surface area contributed by atoms with Crippen LogP contribution in [0.15, 0.2) is 65.2 Å². The summed E-state index contributed by atoms with van der Waals surface area (Å²) in [6.07, 6.45) is 0. The number of allylic oxidation sites excluding steroid dienone is 1. The summed E-state index contributed by atoms with van der Waals surface area (Å²) in [5.74, 6) is -0.571. The van der Waals surface area contributed by atoms with E-state index < -0.39 is 16.0 Å². The van der Waals surface area contributed by atoms with Gasteiger partial charge in [0.15, 0.2) is 0 Å². The highest BCUT2D eigenvalue weighted by Crippen LogP contribution is 2.21. The fourth-order valence-corrected chi connectivity index (χ4v) is 3.44. The zero-order valence-electron chi connectivity index (χ0n) is 14.4. The molecule has 0 aliphatic heterocycles. The van der Waals surface area contributed by atoms with Gasteiger partial charge in [0.2, 0.25) is 0 Å². The van der Waals surface area contributed by atoms with Crippen LogP contribution in [0.2, 0.25) is 0 Å². The topological polar surface area (TPSA) is 72.5 Å². The van der Waals surface area contributed by atoms with Crippen molar-refractivity contribution in [3.05, 3.63) is 71.4 Å². The summed E-state index contributed by atoms with van der Waals surface area (Å²) in [5.41, 5.74) is 1.95. The molecular weight excluding hydrogens is 338 g/mol. The summed E-state index contributed by atoms with van der Waals surface area (Å²) in [6, 6.07) is 15.3. The minimum atomic E-state index is -3.79. The second-order valence-electron chi connectivity index (χ2n) is 5.51. The SMILES string of the molecule is CCOC(=O)/C(=C(/C)NS(=O)(=O)c1ccc(C)cc1)c1ccccc1. The lowest BCUT2D eigenvalue weighted by Crippen LogP contribution is -2.24. The molecule has 0 heterocycles. The van der Waals surface area contributed by atoms with E-state index in [4.69, 9.17) is 4.74 Å². The summed E-state index contributed by atoms with van der Waals surface area (Å²) in [4.78, 5) is 12.5. The van der Waals surface area contributed by atoms with Crippen LogP contribution in [0.1, 0.15) is 25.0 Å². The third kappa shape index (κ3) is 4.70. The van der Waals surface area contributed by atoms with E-state index in [0.29, 0.717) is 5.56 Å². The normalized spacial score (nSPS) is 12.3. The molecule has 2 aromatic rings. The smallest absolute Gasteiger partial charge is 0.340 e. The highest BCUT2D eigenvalue weighted by molar-refractivity contribution is 7.89. The Morgan fingerprint density at radius 3 is 2.20 bits per heavy atom. The molecule has 25 heavy (non-hydrogen) atoms. The van der Waals surface area contributed by atoms with Gasteiger partial charge >= 0.3 is 5.97 Å². The summed E-state index contributed by atoms with van der Waals surface area (Å²) < 4.78 is 32.7. The Bertz CT molecular complexity index is 869. The number of benzene rings is 2. The molecule has 0 aliphatic carbocycles. The quantitative estimate of drug-likeness (QED) is 0.635. The molecule has 5 nitrogen and oxygen atoms in total. The summed E-state index contributed by atoms with van der Waals surface area (Å²) >= 11 is 0. The van der Waals surface area contributed by atoms with Crippen molar-refractivity contribution in [2.45, 2.75) is 25.7 Å².